The maximum Gasteiger partial charge on any atom is 0.383 e. The highest BCUT2D eigenvalue weighted by molar-refractivity contribution is 7.86. The highest BCUT2D eigenvalue weighted by Gasteiger charge is 2.32. The van der Waals surface area contributed by atoms with Crippen LogP contribution >= 0.6 is 0 Å². The number of carbonyl (C=O) groups excluding carboxylic acids is 2. The van der Waals surface area contributed by atoms with Crippen LogP contribution in [0.4, 0.5) is 0 Å². The number of benzene rings is 1. The van der Waals surface area contributed by atoms with Gasteiger partial charge in [0.15, 0.2) is 0 Å². The van der Waals surface area contributed by atoms with Crippen molar-refractivity contribution in [1.29, 1.82) is 0 Å². The second kappa shape index (κ2) is 8.41. The minimum absolute atomic E-state index is 0.319. The first-order chi connectivity index (χ1) is 12.6. The third kappa shape index (κ3) is 5.70. The molecular weight excluding hydrogens is 384 g/mol. The van der Waals surface area contributed by atoms with Crippen LogP contribution in [0.5, 0.6) is 0 Å². The van der Waals surface area contributed by atoms with Crippen molar-refractivity contribution in [3.8, 4) is 0 Å². The Morgan fingerprint density at radius 3 is 2.48 bits per heavy atom. The van der Waals surface area contributed by atoms with E-state index in [0.29, 0.717) is 24.1 Å². The molecule has 0 saturated carbocycles. The standard InChI is InChI=1S/C8H5NO4.C7H13NO5S/c10-8-6-3-1-5(2-4-6)7(13-8)9(11)12;1-12-7(9)6-3-5(4-8-6)13-14(2,10)11/h1-4,7H;5-6,8H,3-4H2,1-2H3. The zero-order chi connectivity index (χ0) is 20.2. The lowest BCUT2D eigenvalue weighted by molar-refractivity contribution is -0.574. The summed E-state index contributed by atoms with van der Waals surface area (Å²) in [6, 6.07) is 5.61. The van der Waals surface area contributed by atoms with E-state index in [-0.39, 0.29) is 0 Å². The van der Waals surface area contributed by atoms with Crippen molar-refractivity contribution in [2.75, 3.05) is 19.9 Å². The Hall–Kier alpha value is -2.57. The highest BCUT2D eigenvalue weighted by Crippen LogP contribution is 2.24. The molecule has 3 aliphatic heterocycles. The Kier molecular flexibility index (Phi) is 6.46. The lowest BCUT2D eigenvalue weighted by Crippen LogP contribution is -2.31. The Balaban J connectivity index is 0.000000194. The molecule has 2 bridgehead atoms. The number of esters is 2. The van der Waals surface area contributed by atoms with Crippen LogP contribution < -0.4 is 5.32 Å². The number of methoxy groups -OCH3 is 1. The third-order valence-corrected chi connectivity index (χ3v) is 4.35. The normalized spacial score (nSPS) is 23.6. The van der Waals surface area contributed by atoms with Crippen LogP contribution in [0.3, 0.4) is 0 Å². The lowest BCUT2D eigenvalue weighted by Gasteiger charge is -2.08. The van der Waals surface area contributed by atoms with Crippen molar-refractivity contribution in [3.05, 3.63) is 45.5 Å². The van der Waals surface area contributed by atoms with Crippen LogP contribution in [-0.2, 0) is 28.6 Å². The average Bonchev–Trinajstić information content (AvgIpc) is 2.92. The molecule has 0 aliphatic carbocycles. The Labute approximate surface area is 154 Å². The van der Waals surface area contributed by atoms with Crippen LogP contribution in [0.1, 0.15) is 28.6 Å². The summed E-state index contributed by atoms with van der Waals surface area (Å²) in [7, 11) is -2.17. The fraction of sp³-hybridized carbons (Fsp3) is 0.467. The van der Waals surface area contributed by atoms with Crippen molar-refractivity contribution in [3.63, 3.8) is 0 Å². The smallest absolute Gasteiger partial charge is 0.383 e. The van der Waals surface area contributed by atoms with Crippen molar-refractivity contribution in [1.82, 2.24) is 5.32 Å². The van der Waals surface area contributed by atoms with E-state index >= 15 is 0 Å². The SMILES string of the molecule is COC(=O)C1CC(OS(C)(=O)=O)CN1.O=C1OC([N+](=O)[O-])c2ccc1cc2. The zero-order valence-corrected chi connectivity index (χ0v) is 15.3. The topological polar surface area (TPSA) is 151 Å². The molecule has 0 spiro atoms. The molecule has 0 aromatic heterocycles. The molecule has 1 saturated heterocycles. The average molecular weight is 402 g/mol. The van der Waals surface area contributed by atoms with Gasteiger partial charge in [0.1, 0.15) is 6.04 Å². The van der Waals surface area contributed by atoms with E-state index in [1.54, 1.807) is 0 Å². The van der Waals surface area contributed by atoms with E-state index in [2.05, 4.69) is 14.8 Å². The Bertz CT molecular complexity index is 822. The fourth-order valence-corrected chi connectivity index (χ4v) is 3.17. The van der Waals surface area contributed by atoms with Gasteiger partial charge in [0.25, 0.3) is 10.1 Å². The molecule has 3 atom stereocenters. The third-order valence-electron chi connectivity index (χ3n) is 3.73. The number of rotatable bonds is 4. The maximum atomic E-state index is 11.1. The van der Waals surface area contributed by atoms with Gasteiger partial charge in [0.2, 0.25) is 0 Å². The predicted molar refractivity (Wildman–Crippen MR) is 89.7 cm³/mol. The second-order valence-corrected chi connectivity index (χ2v) is 7.41. The van der Waals surface area contributed by atoms with Gasteiger partial charge in [-0.25, -0.2) is 4.79 Å². The first kappa shape index (κ1) is 20.7. The summed E-state index contributed by atoms with van der Waals surface area (Å²) in [5.74, 6) is -1.05. The first-order valence-corrected chi connectivity index (χ1v) is 9.56. The molecule has 0 radical (unpaired) electrons. The number of ether oxygens (including phenoxy) is 2. The molecule has 3 heterocycles. The van der Waals surface area contributed by atoms with Crippen LogP contribution in [0.25, 0.3) is 0 Å². The van der Waals surface area contributed by atoms with E-state index in [1.165, 1.54) is 31.4 Å². The molecular formula is C15H18N2O9S. The minimum Gasteiger partial charge on any atom is -0.468 e. The van der Waals surface area contributed by atoms with Gasteiger partial charge in [-0.15, -0.1) is 0 Å². The molecule has 3 unspecified atom stereocenters. The van der Waals surface area contributed by atoms with E-state index in [9.17, 15) is 28.1 Å². The van der Waals surface area contributed by atoms with Crippen LogP contribution in [0, 0.1) is 10.1 Å². The van der Waals surface area contributed by atoms with E-state index in [0.717, 1.165) is 6.26 Å². The number of nitro groups is 1. The molecule has 1 aromatic rings. The van der Waals surface area contributed by atoms with Gasteiger partial charge in [0.05, 0.1) is 35.5 Å². The van der Waals surface area contributed by atoms with Gasteiger partial charge in [-0.2, -0.15) is 8.42 Å². The van der Waals surface area contributed by atoms with Gasteiger partial charge in [-0.1, -0.05) is 0 Å². The van der Waals surface area contributed by atoms with E-state index in [1.807, 2.05) is 0 Å². The summed E-state index contributed by atoms with van der Waals surface area (Å²) in [6.45, 7) is 0.340. The number of hydrogen-bond acceptors (Lipinski definition) is 10. The molecule has 3 aliphatic rings. The highest BCUT2D eigenvalue weighted by atomic mass is 32.2. The summed E-state index contributed by atoms with van der Waals surface area (Å²) in [4.78, 5) is 32.0. The summed E-state index contributed by atoms with van der Waals surface area (Å²) in [5, 5.41) is 13.3. The number of hydrogen-bond donors (Lipinski definition) is 1. The van der Waals surface area contributed by atoms with Gasteiger partial charge < -0.3 is 14.8 Å². The molecule has 0 amide bonds. The van der Waals surface area contributed by atoms with Gasteiger partial charge in [-0.3, -0.25) is 19.1 Å². The monoisotopic (exact) mass is 402 g/mol. The minimum atomic E-state index is -3.46. The lowest BCUT2D eigenvalue weighted by atomic mass is 10.1. The molecule has 27 heavy (non-hydrogen) atoms. The number of carbonyl (C=O) groups is 2. The van der Waals surface area contributed by atoms with Crippen molar-refractivity contribution in [2.24, 2.45) is 0 Å². The Morgan fingerprint density at radius 2 is 1.96 bits per heavy atom. The molecule has 4 rings (SSSR count). The quantitative estimate of drug-likeness (QED) is 0.315. The van der Waals surface area contributed by atoms with Crippen LogP contribution in [0.2, 0.25) is 0 Å². The van der Waals surface area contributed by atoms with Gasteiger partial charge in [-0.05, 0) is 24.3 Å². The van der Waals surface area contributed by atoms with Crippen molar-refractivity contribution < 1.29 is 36.6 Å². The van der Waals surface area contributed by atoms with Gasteiger partial charge >= 0.3 is 18.2 Å². The summed E-state index contributed by atoms with van der Waals surface area (Å²) in [6.07, 6.45) is -0.535. The largest absolute Gasteiger partial charge is 0.468 e. The molecule has 12 heteroatoms. The van der Waals surface area contributed by atoms with E-state index in [4.69, 9.17) is 4.18 Å². The summed E-state index contributed by atoms with van der Waals surface area (Å²) < 4.78 is 35.4. The number of fused-ring (bicyclic) bond motifs is 4. The first-order valence-electron chi connectivity index (χ1n) is 7.74. The zero-order valence-electron chi connectivity index (χ0n) is 14.5. The maximum absolute atomic E-state index is 11.1. The van der Waals surface area contributed by atoms with Crippen LogP contribution in [0.15, 0.2) is 24.3 Å². The number of nitrogens with zero attached hydrogens (tertiary/aromatic N) is 1. The summed E-state index contributed by atoms with van der Waals surface area (Å²) in [5.41, 5.74) is 0.729. The predicted octanol–water partition coefficient (Wildman–Crippen LogP) is -0.00160. The summed E-state index contributed by atoms with van der Waals surface area (Å²) >= 11 is 0. The molecule has 148 valence electrons. The molecule has 1 fully saturated rings. The fourth-order valence-electron chi connectivity index (χ4n) is 2.53. The van der Waals surface area contributed by atoms with E-state index < -0.39 is 45.4 Å². The number of nitrogens with one attached hydrogen (secondary N) is 1. The molecule has 11 nitrogen and oxygen atoms in total. The Morgan fingerprint density at radius 1 is 1.33 bits per heavy atom. The van der Waals surface area contributed by atoms with Crippen molar-refractivity contribution in [2.45, 2.75) is 24.8 Å². The van der Waals surface area contributed by atoms with Crippen molar-refractivity contribution >= 4 is 22.1 Å². The van der Waals surface area contributed by atoms with Gasteiger partial charge in [0, 0.05) is 13.0 Å². The van der Waals surface area contributed by atoms with Crippen LogP contribution in [-0.4, -0.2) is 57.3 Å². The molecule has 1 aromatic carbocycles. The second-order valence-electron chi connectivity index (χ2n) is 5.81. The molecule has 1 N–H and O–H groups in total.